The van der Waals surface area contributed by atoms with Crippen LogP contribution in [0.4, 0.5) is 0 Å². The molecule has 1 saturated carbocycles. The summed E-state index contributed by atoms with van der Waals surface area (Å²) in [5.74, 6) is 0.695. The van der Waals surface area contributed by atoms with Gasteiger partial charge in [-0.15, -0.1) is 0 Å². The van der Waals surface area contributed by atoms with Gasteiger partial charge in [0.15, 0.2) is 0 Å². The summed E-state index contributed by atoms with van der Waals surface area (Å²) in [4.78, 5) is 0. The third kappa shape index (κ3) is 3.57. The van der Waals surface area contributed by atoms with Gasteiger partial charge in [0.25, 0.3) is 0 Å². The molecule has 0 amide bonds. The van der Waals surface area contributed by atoms with E-state index >= 15 is 0 Å². The first kappa shape index (κ1) is 13.1. The SMILES string of the molecule is c1cn(C2CCCCC2)nc1CNCC1CCOC1. The summed E-state index contributed by atoms with van der Waals surface area (Å²) < 4.78 is 7.57. The van der Waals surface area contributed by atoms with Crippen molar-refractivity contribution in [3.8, 4) is 0 Å². The molecule has 1 aliphatic heterocycles. The molecule has 0 bridgehead atoms. The molecule has 1 atom stereocenters. The highest BCUT2D eigenvalue weighted by Crippen LogP contribution is 2.27. The maximum absolute atomic E-state index is 5.38. The van der Waals surface area contributed by atoms with Gasteiger partial charge in [-0.05, 0) is 31.2 Å². The summed E-state index contributed by atoms with van der Waals surface area (Å²) in [6.07, 6.45) is 10.1. The van der Waals surface area contributed by atoms with Crippen LogP contribution in [0.25, 0.3) is 0 Å². The average molecular weight is 263 g/mol. The van der Waals surface area contributed by atoms with E-state index in [1.54, 1.807) is 0 Å². The molecular formula is C15H25N3O. The van der Waals surface area contributed by atoms with Gasteiger partial charge in [0, 0.05) is 25.9 Å². The molecule has 1 unspecified atom stereocenters. The van der Waals surface area contributed by atoms with Crippen molar-refractivity contribution in [1.82, 2.24) is 15.1 Å². The highest BCUT2D eigenvalue weighted by molar-refractivity contribution is 4.99. The molecule has 0 spiro atoms. The summed E-state index contributed by atoms with van der Waals surface area (Å²) in [6.45, 7) is 3.79. The van der Waals surface area contributed by atoms with E-state index in [4.69, 9.17) is 9.84 Å². The van der Waals surface area contributed by atoms with Gasteiger partial charge in [-0.3, -0.25) is 4.68 Å². The monoisotopic (exact) mass is 263 g/mol. The molecule has 0 aromatic carbocycles. The maximum atomic E-state index is 5.38. The molecule has 1 saturated heterocycles. The molecule has 0 radical (unpaired) electrons. The summed E-state index contributed by atoms with van der Waals surface area (Å²) >= 11 is 0. The smallest absolute Gasteiger partial charge is 0.0762 e. The Kier molecular flexibility index (Phi) is 4.51. The normalized spacial score (nSPS) is 24.9. The van der Waals surface area contributed by atoms with Crippen LogP contribution in [0.15, 0.2) is 12.3 Å². The molecule has 4 nitrogen and oxygen atoms in total. The minimum atomic E-state index is 0.644. The second-order valence-corrected chi connectivity index (χ2v) is 5.94. The van der Waals surface area contributed by atoms with Gasteiger partial charge in [-0.1, -0.05) is 19.3 Å². The maximum Gasteiger partial charge on any atom is 0.0762 e. The van der Waals surface area contributed by atoms with Crippen molar-refractivity contribution in [2.45, 2.75) is 51.1 Å². The zero-order valence-corrected chi connectivity index (χ0v) is 11.7. The van der Waals surface area contributed by atoms with E-state index in [9.17, 15) is 0 Å². The summed E-state index contributed by atoms with van der Waals surface area (Å²) in [7, 11) is 0. The predicted octanol–water partition coefficient (Wildman–Crippen LogP) is 2.51. The fourth-order valence-corrected chi connectivity index (χ4v) is 3.17. The van der Waals surface area contributed by atoms with Gasteiger partial charge >= 0.3 is 0 Å². The van der Waals surface area contributed by atoms with E-state index in [1.165, 1.54) is 44.2 Å². The highest BCUT2D eigenvalue weighted by atomic mass is 16.5. The van der Waals surface area contributed by atoms with E-state index in [-0.39, 0.29) is 0 Å². The summed E-state index contributed by atoms with van der Waals surface area (Å²) in [5, 5.41) is 8.23. The van der Waals surface area contributed by atoms with E-state index in [0.717, 1.165) is 26.3 Å². The molecule has 2 heterocycles. The Hall–Kier alpha value is -0.870. The lowest BCUT2D eigenvalue weighted by molar-refractivity contribution is 0.185. The zero-order chi connectivity index (χ0) is 12.9. The van der Waals surface area contributed by atoms with Crippen LogP contribution in [0.1, 0.15) is 50.3 Å². The Bertz CT molecular complexity index is 378. The van der Waals surface area contributed by atoms with Crippen LogP contribution in [0.5, 0.6) is 0 Å². The van der Waals surface area contributed by atoms with Crippen molar-refractivity contribution in [2.75, 3.05) is 19.8 Å². The minimum Gasteiger partial charge on any atom is -0.381 e. The fraction of sp³-hybridized carbons (Fsp3) is 0.800. The van der Waals surface area contributed by atoms with Gasteiger partial charge in [-0.25, -0.2) is 0 Å². The lowest BCUT2D eigenvalue weighted by Gasteiger charge is -2.21. The van der Waals surface area contributed by atoms with Crippen molar-refractivity contribution < 1.29 is 4.74 Å². The van der Waals surface area contributed by atoms with Gasteiger partial charge in [0.2, 0.25) is 0 Å². The highest BCUT2D eigenvalue weighted by Gasteiger charge is 2.17. The van der Waals surface area contributed by atoms with E-state index in [2.05, 4.69) is 22.3 Å². The number of nitrogens with one attached hydrogen (secondary N) is 1. The van der Waals surface area contributed by atoms with Crippen molar-refractivity contribution in [2.24, 2.45) is 5.92 Å². The van der Waals surface area contributed by atoms with Crippen LogP contribution in [0.2, 0.25) is 0 Å². The van der Waals surface area contributed by atoms with Gasteiger partial charge < -0.3 is 10.1 Å². The molecule has 1 aliphatic carbocycles. The van der Waals surface area contributed by atoms with Crippen molar-refractivity contribution in [3.63, 3.8) is 0 Å². The molecule has 2 aliphatic rings. The first-order valence-corrected chi connectivity index (χ1v) is 7.74. The van der Waals surface area contributed by atoms with Gasteiger partial charge in [-0.2, -0.15) is 5.10 Å². The fourth-order valence-electron chi connectivity index (χ4n) is 3.17. The van der Waals surface area contributed by atoms with Gasteiger partial charge in [0.05, 0.1) is 18.3 Å². The molecule has 1 aromatic rings. The standard InChI is InChI=1S/C15H25N3O/c1-2-4-15(5-3-1)18-8-6-14(17-18)11-16-10-13-7-9-19-12-13/h6,8,13,15-16H,1-5,7,9-12H2. The number of hydrogen-bond acceptors (Lipinski definition) is 3. The largest absolute Gasteiger partial charge is 0.381 e. The number of hydrogen-bond donors (Lipinski definition) is 1. The first-order valence-electron chi connectivity index (χ1n) is 7.74. The summed E-state index contributed by atoms with van der Waals surface area (Å²) in [6, 6.07) is 2.80. The zero-order valence-electron chi connectivity index (χ0n) is 11.7. The number of ether oxygens (including phenoxy) is 1. The first-order chi connectivity index (χ1) is 9.42. The van der Waals surface area contributed by atoms with Crippen LogP contribution in [0, 0.1) is 5.92 Å². The molecule has 106 valence electrons. The molecule has 19 heavy (non-hydrogen) atoms. The Morgan fingerprint density at radius 1 is 1.26 bits per heavy atom. The molecule has 1 N–H and O–H groups in total. The van der Waals surface area contributed by atoms with Gasteiger partial charge in [0.1, 0.15) is 0 Å². The topological polar surface area (TPSA) is 39.1 Å². The average Bonchev–Trinajstić information content (AvgIpc) is 3.11. The Morgan fingerprint density at radius 2 is 2.16 bits per heavy atom. The third-order valence-electron chi connectivity index (χ3n) is 4.38. The van der Waals surface area contributed by atoms with Crippen molar-refractivity contribution in [1.29, 1.82) is 0 Å². The lowest BCUT2D eigenvalue weighted by atomic mass is 9.96. The predicted molar refractivity (Wildman–Crippen MR) is 75.0 cm³/mol. The quantitative estimate of drug-likeness (QED) is 0.887. The molecule has 4 heteroatoms. The lowest BCUT2D eigenvalue weighted by Crippen LogP contribution is -2.23. The Labute approximate surface area is 115 Å². The van der Waals surface area contributed by atoms with Crippen LogP contribution < -0.4 is 5.32 Å². The van der Waals surface area contributed by atoms with E-state index < -0.39 is 0 Å². The third-order valence-corrected chi connectivity index (χ3v) is 4.38. The number of aromatic nitrogens is 2. The number of rotatable bonds is 5. The minimum absolute atomic E-state index is 0.644. The summed E-state index contributed by atoms with van der Waals surface area (Å²) in [5.41, 5.74) is 1.17. The molecule has 2 fully saturated rings. The van der Waals surface area contributed by atoms with Crippen molar-refractivity contribution >= 4 is 0 Å². The number of nitrogens with zero attached hydrogens (tertiary/aromatic N) is 2. The van der Waals surface area contributed by atoms with Crippen LogP contribution in [0.3, 0.4) is 0 Å². The van der Waals surface area contributed by atoms with E-state index in [0.29, 0.717) is 12.0 Å². The molecular weight excluding hydrogens is 238 g/mol. The van der Waals surface area contributed by atoms with Crippen LogP contribution >= 0.6 is 0 Å². The second kappa shape index (κ2) is 6.53. The Balaban J connectivity index is 1.44. The van der Waals surface area contributed by atoms with Crippen molar-refractivity contribution in [3.05, 3.63) is 18.0 Å². The van der Waals surface area contributed by atoms with Crippen LogP contribution in [-0.2, 0) is 11.3 Å². The van der Waals surface area contributed by atoms with E-state index in [1.807, 2.05) is 0 Å². The van der Waals surface area contributed by atoms with Crippen LogP contribution in [-0.4, -0.2) is 29.5 Å². The Morgan fingerprint density at radius 3 is 2.95 bits per heavy atom. The molecule has 3 rings (SSSR count). The second-order valence-electron chi connectivity index (χ2n) is 5.94. The molecule has 1 aromatic heterocycles.